The number of amidine groups is 1. The molecule has 0 radical (unpaired) electrons. The van der Waals surface area contributed by atoms with E-state index in [0.717, 1.165) is 12.2 Å². The van der Waals surface area contributed by atoms with Gasteiger partial charge in [-0.25, -0.2) is 9.37 Å². The molecule has 0 bridgehead atoms. The van der Waals surface area contributed by atoms with E-state index in [1.807, 2.05) is 6.92 Å². The molecular formula is C12H13FN4O. The van der Waals surface area contributed by atoms with Crippen LogP contribution in [0.25, 0.3) is 5.69 Å². The summed E-state index contributed by atoms with van der Waals surface area (Å²) >= 11 is 0. The maximum atomic E-state index is 13.3. The van der Waals surface area contributed by atoms with Gasteiger partial charge in [0, 0.05) is 24.4 Å². The van der Waals surface area contributed by atoms with Crippen molar-refractivity contribution in [3.05, 3.63) is 47.8 Å². The normalized spacial score (nSPS) is 11.8. The van der Waals surface area contributed by atoms with E-state index in [4.69, 9.17) is 10.9 Å². The minimum absolute atomic E-state index is 0.139. The summed E-state index contributed by atoms with van der Waals surface area (Å²) in [5.74, 6) is 0.229. The fourth-order valence-corrected chi connectivity index (χ4v) is 1.79. The number of hydrogen-bond acceptors (Lipinski definition) is 3. The van der Waals surface area contributed by atoms with Crippen LogP contribution in [0.3, 0.4) is 0 Å². The number of aryl methyl sites for hydroxylation is 1. The van der Waals surface area contributed by atoms with E-state index < -0.39 is 5.82 Å². The summed E-state index contributed by atoms with van der Waals surface area (Å²) in [5, 5.41) is 11.7. The van der Waals surface area contributed by atoms with Crippen LogP contribution in [-0.2, 0) is 6.42 Å². The fraction of sp³-hybridized carbons (Fsp3) is 0.167. The zero-order chi connectivity index (χ0) is 13.1. The molecule has 6 heteroatoms. The molecule has 0 aliphatic heterocycles. The van der Waals surface area contributed by atoms with Gasteiger partial charge in [-0.05, 0) is 18.2 Å². The predicted octanol–water partition coefficient (Wildman–Crippen LogP) is 1.67. The van der Waals surface area contributed by atoms with Gasteiger partial charge >= 0.3 is 0 Å². The average molecular weight is 248 g/mol. The molecule has 0 aliphatic carbocycles. The third kappa shape index (κ3) is 2.04. The van der Waals surface area contributed by atoms with Gasteiger partial charge in [0.1, 0.15) is 11.6 Å². The first kappa shape index (κ1) is 12.1. The first-order chi connectivity index (χ1) is 8.67. The van der Waals surface area contributed by atoms with Crippen molar-refractivity contribution in [2.45, 2.75) is 13.3 Å². The van der Waals surface area contributed by atoms with Gasteiger partial charge in [-0.15, -0.1) is 0 Å². The second kappa shape index (κ2) is 4.87. The summed E-state index contributed by atoms with van der Waals surface area (Å²) in [4.78, 5) is 4.19. The van der Waals surface area contributed by atoms with Crippen molar-refractivity contribution in [1.82, 2.24) is 9.55 Å². The second-order valence-corrected chi connectivity index (χ2v) is 3.71. The Morgan fingerprint density at radius 1 is 1.56 bits per heavy atom. The number of benzene rings is 1. The smallest absolute Gasteiger partial charge is 0.172 e. The Kier molecular flexibility index (Phi) is 3.27. The van der Waals surface area contributed by atoms with Crippen molar-refractivity contribution in [2.24, 2.45) is 10.9 Å². The van der Waals surface area contributed by atoms with Crippen molar-refractivity contribution in [3.63, 3.8) is 0 Å². The molecule has 0 fully saturated rings. The van der Waals surface area contributed by atoms with E-state index in [-0.39, 0.29) is 5.84 Å². The Labute approximate surface area is 103 Å². The molecule has 1 aromatic carbocycles. The Morgan fingerprint density at radius 2 is 2.33 bits per heavy atom. The highest BCUT2D eigenvalue weighted by Gasteiger charge is 2.12. The fourth-order valence-electron chi connectivity index (χ4n) is 1.79. The lowest BCUT2D eigenvalue weighted by Gasteiger charge is -2.11. The Bertz CT molecular complexity index is 592. The Hall–Kier alpha value is -2.37. The lowest BCUT2D eigenvalue weighted by molar-refractivity contribution is 0.318. The summed E-state index contributed by atoms with van der Waals surface area (Å²) < 4.78 is 15.0. The lowest BCUT2D eigenvalue weighted by atomic mass is 10.1. The summed E-state index contributed by atoms with van der Waals surface area (Å²) in [6.07, 6.45) is 4.12. The maximum Gasteiger partial charge on any atom is 0.172 e. The third-order valence-corrected chi connectivity index (χ3v) is 2.64. The molecule has 18 heavy (non-hydrogen) atoms. The first-order valence-corrected chi connectivity index (χ1v) is 5.47. The standard InChI is InChI=1S/C12H13FN4O/c1-2-11-15-5-6-17(11)10-4-3-8(13)7-9(10)12(14)16-18/h3-7,18H,2H2,1H3,(H2,14,16). The van der Waals surface area contributed by atoms with Crippen LogP contribution in [0.2, 0.25) is 0 Å². The van der Waals surface area contributed by atoms with Gasteiger partial charge in [0.05, 0.1) is 5.69 Å². The lowest BCUT2D eigenvalue weighted by Crippen LogP contribution is -2.17. The predicted molar refractivity (Wildman–Crippen MR) is 65.4 cm³/mol. The molecule has 5 nitrogen and oxygen atoms in total. The van der Waals surface area contributed by atoms with Crippen LogP contribution in [0.4, 0.5) is 4.39 Å². The van der Waals surface area contributed by atoms with Crippen molar-refractivity contribution >= 4 is 5.84 Å². The van der Waals surface area contributed by atoms with Crippen molar-refractivity contribution in [2.75, 3.05) is 0 Å². The van der Waals surface area contributed by atoms with Crippen LogP contribution in [0.5, 0.6) is 0 Å². The monoisotopic (exact) mass is 248 g/mol. The Balaban J connectivity index is 2.64. The van der Waals surface area contributed by atoms with Crippen molar-refractivity contribution in [3.8, 4) is 5.69 Å². The van der Waals surface area contributed by atoms with Crippen LogP contribution in [0.1, 0.15) is 18.3 Å². The molecule has 0 saturated carbocycles. The molecule has 94 valence electrons. The first-order valence-electron chi connectivity index (χ1n) is 5.47. The van der Waals surface area contributed by atoms with Crippen LogP contribution in [0, 0.1) is 5.82 Å². The molecule has 0 atom stereocenters. The number of aromatic nitrogens is 2. The summed E-state index contributed by atoms with van der Waals surface area (Å²) in [6.45, 7) is 1.96. The number of halogens is 1. The van der Waals surface area contributed by atoms with Gasteiger partial charge in [-0.2, -0.15) is 0 Å². The van der Waals surface area contributed by atoms with Gasteiger partial charge in [0.25, 0.3) is 0 Å². The molecule has 2 rings (SSSR count). The number of hydrogen-bond donors (Lipinski definition) is 2. The van der Waals surface area contributed by atoms with Crippen LogP contribution >= 0.6 is 0 Å². The van der Waals surface area contributed by atoms with E-state index in [1.54, 1.807) is 23.0 Å². The summed E-state index contributed by atoms with van der Waals surface area (Å²) in [5.41, 5.74) is 6.51. The molecule has 0 aliphatic rings. The van der Waals surface area contributed by atoms with Crippen LogP contribution in [0.15, 0.2) is 35.7 Å². The van der Waals surface area contributed by atoms with Gasteiger partial charge in [-0.1, -0.05) is 12.1 Å². The van der Waals surface area contributed by atoms with Crippen molar-refractivity contribution in [1.29, 1.82) is 0 Å². The number of oxime groups is 1. The molecule has 1 aromatic heterocycles. The number of nitrogens with two attached hydrogens (primary N) is 1. The average Bonchev–Trinajstić information content (AvgIpc) is 2.85. The van der Waals surface area contributed by atoms with E-state index in [0.29, 0.717) is 11.3 Å². The Morgan fingerprint density at radius 3 is 3.00 bits per heavy atom. The quantitative estimate of drug-likeness (QED) is 0.375. The molecule has 1 heterocycles. The molecule has 0 unspecified atom stereocenters. The number of rotatable bonds is 3. The van der Waals surface area contributed by atoms with E-state index >= 15 is 0 Å². The zero-order valence-electron chi connectivity index (χ0n) is 9.84. The van der Waals surface area contributed by atoms with Crippen LogP contribution in [-0.4, -0.2) is 20.6 Å². The molecule has 0 spiro atoms. The molecule has 2 aromatic rings. The van der Waals surface area contributed by atoms with Gasteiger partial charge in [-0.3, -0.25) is 0 Å². The van der Waals surface area contributed by atoms with E-state index in [9.17, 15) is 4.39 Å². The number of nitrogens with zero attached hydrogens (tertiary/aromatic N) is 3. The highest BCUT2D eigenvalue weighted by Crippen LogP contribution is 2.18. The van der Waals surface area contributed by atoms with Crippen LogP contribution < -0.4 is 5.73 Å². The minimum atomic E-state index is -0.446. The van der Waals surface area contributed by atoms with Gasteiger partial charge < -0.3 is 15.5 Å². The van der Waals surface area contributed by atoms with Gasteiger partial charge in [0.2, 0.25) is 0 Å². The minimum Gasteiger partial charge on any atom is -0.409 e. The molecule has 3 N–H and O–H groups in total. The second-order valence-electron chi connectivity index (χ2n) is 3.71. The largest absolute Gasteiger partial charge is 0.409 e. The van der Waals surface area contributed by atoms with E-state index in [1.165, 1.54) is 12.1 Å². The number of imidazole rings is 1. The maximum absolute atomic E-state index is 13.3. The highest BCUT2D eigenvalue weighted by atomic mass is 19.1. The van der Waals surface area contributed by atoms with Gasteiger partial charge in [0.15, 0.2) is 5.84 Å². The highest BCUT2D eigenvalue weighted by molar-refractivity contribution is 6.00. The topological polar surface area (TPSA) is 76.4 Å². The summed E-state index contributed by atoms with van der Waals surface area (Å²) in [6, 6.07) is 4.12. The molecule has 0 amide bonds. The van der Waals surface area contributed by atoms with E-state index in [2.05, 4.69) is 10.1 Å². The van der Waals surface area contributed by atoms with Crippen molar-refractivity contribution < 1.29 is 9.60 Å². The molecular weight excluding hydrogens is 235 g/mol. The SMILES string of the molecule is CCc1nccn1-c1ccc(F)cc1/C(N)=N/O. The third-order valence-electron chi connectivity index (χ3n) is 2.64. The summed E-state index contributed by atoms with van der Waals surface area (Å²) in [7, 11) is 0. The molecule has 0 saturated heterocycles. The zero-order valence-corrected chi connectivity index (χ0v) is 9.84.